The monoisotopic (exact) mass is 717 g/mol. The predicted molar refractivity (Wildman–Crippen MR) is 202 cm³/mol. The Bertz CT molecular complexity index is 812. The topological polar surface area (TPSA) is 119 Å². The molecule has 0 heterocycles. The van der Waals surface area contributed by atoms with Gasteiger partial charge in [-0.1, -0.05) is 174 Å². The van der Waals surface area contributed by atoms with Crippen LogP contribution in [0.15, 0.2) is 12.2 Å². The minimum atomic E-state index is -4.75. The summed E-state index contributed by atoms with van der Waals surface area (Å²) in [5.41, 5.74) is 0. The van der Waals surface area contributed by atoms with Crippen molar-refractivity contribution in [3.63, 3.8) is 0 Å². The van der Waals surface area contributed by atoms with Crippen LogP contribution in [0.2, 0.25) is 0 Å². The molecule has 0 saturated heterocycles. The van der Waals surface area contributed by atoms with Crippen molar-refractivity contribution in [1.29, 1.82) is 0 Å². The molecule has 8 nitrogen and oxygen atoms in total. The molecule has 0 aliphatic heterocycles. The van der Waals surface area contributed by atoms with Crippen LogP contribution in [0.3, 0.4) is 0 Å². The maximum atomic E-state index is 12.4. The van der Waals surface area contributed by atoms with Crippen LogP contribution in [0.5, 0.6) is 0 Å². The number of phosphoric ester groups is 1. The quantitative estimate of drug-likeness (QED) is 0.0280. The van der Waals surface area contributed by atoms with Crippen molar-refractivity contribution in [2.75, 3.05) is 13.2 Å². The smallest absolute Gasteiger partial charge is 0.462 e. The first-order valence-electron chi connectivity index (χ1n) is 20.5. The molecule has 0 spiro atoms. The summed E-state index contributed by atoms with van der Waals surface area (Å²) in [5, 5.41) is 0. The average Bonchev–Trinajstić information content (AvgIpc) is 3.07. The van der Waals surface area contributed by atoms with E-state index in [9.17, 15) is 14.2 Å². The summed E-state index contributed by atoms with van der Waals surface area (Å²) in [6.45, 7) is 3.69. The van der Waals surface area contributed by atoms with Crippen molar-refractivity contribution in [1.82, 2.24) is 0 Å². The minimum absolute atomic E-state index is 0.206. The first kappa shape index (κ1) is 47.8. The number of carbonyl (C=O) groups excluding carboxylic acids is 2. The Morgan fingerprint density at radius 1 is 0.510 bits per heavy atom. The van der Waals surface area contributed by atoms with Crippen LogP contribution < -0.4 is 0 Å². The first-order chi connectivity index (χ1) is 23.8. The maximum Gasteiger partial charge on any atom is 0.469 e. The Morgan fingerprint density at radius 2 is 0.857 bits per heavy atom. The number of hydrogen-bond donors (Lipinski definition) is 2. The third-order valence-electron chi connectivity index (χ3n) is 9.03. The summed E-state index contributed by atoms with van der Waals surface area (Å²) >= 11 is 0. The predicted octanol–water partition coefficient (Wildman–Crippen LogP) is 12.2. The van der Waals surface area contributed by atoms with Gasteiger partial charge in [0.1, 0.15) is 6.61 Å². The number of esters is 2. The van der Waals surface area contributed by atoms with E-state index >= 15 is 0 Å². The third kappa shape index (κ3) is 39.4. The molecule has 1 atom stereocenters. The van der Waals surface area contributed by atoms with E-state index < -0.39 is 32.5 Å². The van der Waals surface area contributed by atoms with Gasteiger partial charge in [-0.05, 0) is 38.5 Å². The van der Waals surface area contributed by atoms with E-state index in [4.69, 9.17) is 19.3 Å². The molecule has 0 unspecified atom stereocenters. The van der Waals surface area contributed by atoms with Gasteiger partial charge in [0.25, 0.3) is 0 Å². The zero-order chi connectivity index (χ0) is 36.1. The molecular weight excluding hydrogens is 639 g/mol. The van der Waals surface area contributed by atoms with Crippen LogP contribution >= 0.6 is 7.82 Å². The SMILES string of the molecule is CCCCCCC/C=C/CCCCCCCC(=O)O[C@H](COC(=O)CCCCCCCCCCCCCCCCCCC)COP(=O)(O)O. The lowest BCUT2D eigenvalue weighted by Crippen LogP contribution is -2.29. The van der Waals surface area contributed by atoms with Crippen molar-refractivity contribution in [3.8, 4) is 0 Å². The van der Waals surface area contributed by atoms with Crippen molar-refractivity contribution in [2.45, 2.75) is 219 Å². The number of allylic oxidation sites excluding steroid dienone is 2. The van der Waals surface area contributed by atoms with E-state index in [0.717, 1.165) is 51.4 Å². The van der Waals surface area contributed by atoms with Crippen LogP contribution in [-0.2, 0) is 28.2 Å². The van der Waals surface area contributed by atoms with Crippen LogP contribution in [0.1, 0.15) is 213 Å². The fourth-order valence-electron chi connectivity index (χ4n) is 5.96. The summed E-state index contributed by atoms with van der Waals surface area (Å²) in [7, 11) is -4.75. The molecule has 0 radical (unpaired) electrons. The van der Waals surface area contributed by atoms with Gasteiger partial charge in [0.2, 0.25) is 0 Å². The highest BCUT2D eigenvalue weighted by atomic mass is 31.2. The molecule has 0 amide bonds. The van der Waals surface area contributed by atoms with E-state index in [2.05, 4.69) is 30.5 Å². The highest BCUT2D eigenvalue weighted by Crippen LogP contribution is 2.36. The van der Waals surface area contributed by atoms with Gasteiger partial charge in [0.15, 0.2) is 6.10 Å². The summed E-state index contributed by atoms with van der Waals surface area (Å²) < 4.78 is 26.3. The molecule has 0 aromatic carbocycles. The number of unbranched alkanes of at least 4 members (excludes halogenated alkanes) is 26. The lowest BCUT2D eigenvalue weighted by molar-refractivity contribution is -0.161. The standard InChI is InChI=1S/C40H77O8P/c1-3-5-7-9-11-13-15-17-19-20-21-23-24-26-28-30-32-34-39(41)46-36-38(37-47-49(43,44)45)48-40(42)35-33-31-29-27-25-22-18-16-14-12-10-8-6-4-2/h16,18,38H,3-15,17,19-37H2,1-2H3,(H2,43,44,45)/b18-16+/t38-/m1/s1. The van der Waals surface area contributed by atoms with Crippen LogP contribution in [0, 0.1) is 0 Å². The van der Waals surface area contributed by atoms with Crippen molar-refractivity contribution >= 4 is 19.8 Å². The lowest BCUT2D eigenvalue weighted by Gasteiger charge is -2.18. The number of ether oxygens (including phenoxy) is 2. The molecule has 2 N–H and O–H groups in total. The van der Waals surface area contributed by atoms with Gasteiger partial charge in [-0.15, -0.1) is 0 Å². The number of rotatable bonds is 38. The number of hydrogen-bond acceptors (Lipinski definition) is 6. The summed E-state index contributed by atoms with van der Waals surface area (Å²) in [6.07, 6.45) is 39.3. The van der Waals surface area contributed by atoms with Gasteiger partial charge in [-0.3, -0.25) is 14.1 Å². The van der Waals surface area contributed by atoms with E-state index in [-0.39, 0.29) is 19.4 Å². The van der Waals surface area contributed by atoms with Crippen molar-refractivity contribution in [3.05, 3.63) is 12.2 Å². The minimum Gasteiger partial charge on any atom is -0.462 e. The highest BCUT2D eigenvalue weighted by Gasteiger charge is 2.22. The van der Waals surface area contributed by atoms with Gasteiger partial charge in [0, 0.05) is 12.8 Å². The molecule has 0 aromatic heterocycles. The van der Waals surface area contributed by atoms with E-state index in [0.29, 0.717) is 6.42 Å². The lowest BCUT2D eigenvalue weighted by atomic mass is 10.0. The molecule has 9 heteroatoms. The molecule has 0 aliphatic carbocycles. The largest absolute Gasteiger partial charge is 0.469 e. The molecule has 0 aliphatic rings. The second-order valence-corrected chi connectivity index (χ2v) is 15.2. The van der Waals surface area contributed by atoms with Crippen LogP contribution in [-0.4, -0.2) is 41.0 Å². The normalized spacial score (nSPS) is 12.5. The molecule has 0 saturated carbocycles. The molecule has 0 fully saturated rings. The molecular formula is C40H77O8P. The molecule has 0 bridgehead atoms. The summed E-state index contributed by atoms with van der Waals surface area (Å²) in [6, 6.07) is 0. The molecule has 290 valence electrons. The Labute approximate surface area is 301 Å². The summed E-state index contributed by atoms with van der Waals surface area (Å²) in [5.74, 6) is -0.884. The number of phosphoric acid groups is 1. The molecule has 0 aromatic rings. The Hall–Kier alpha value is -1.21. The second kappa shape index (κ2) is 36.6. The van der Waals surface area contributed by atoms with E-state index in [1.165, 1.54) is 128 Å². The number of carbonyl (C=O) groups is 2. The fourth-order valence-corrected chi connectivity index (χ4v) is 6.32. The van der Waals surface area contributed by atoms with Gasteiger partial charge in [-0.25, -0.2) is 4.57 Å². The van der Waals surface area contributed by atoms with Crippen LogP contribution in [0.4, 0.5) is 0 Å². The zero-order valence-corrected chi connectivity index (χ0v) is 32.8. The molecule has 49 heavy (non-hydrogen) atoms. The Balaban J connectivity index is 3.89. The average molecular weight is 717 g/mol. The third-order valence-corrected chi connectivity index (χ3v) is 9.52. The molecule has 0 rings (SSSR count). The fraction of sp³-hybridized carbons (Fsp3) is 0.900. The Morgan fingerprint density at radius 3 is 1.24 bits per heavy atom. The van der Waals surface area contributed by atoms with Crippen molar-refractivity contribution < 1.29 is 37.9 Å². The van der Waals surface area contributed by atoms with Gasteiger partial charge < -0.3 is 19.3 Å². The first-order valence-corrected chi connectivity index (χ1v) is 22.0. The van der Waals surface area contributed by atoms with E-state index in [1.807, 2.05) is 0 Å². The summed E-state index contributed by atoms with van der Waals surface area (Å²) in [4.78, 5) is 42.8. The van der Waals surface area contributed by atoms with Gasteiger partial charge in [0.05, 0.1) is 6.61 Å². The maximum absolute atomic E-state index is 12.4. The van der Waals surface area contributed by atoms with Crippen molar-refractivity contribution in [2.24, 2.45) is 0 Å². The van der Waals surface area contributed by atoms with Gasteiger partial charge >= 0.3 is 19.8 Å². The Kier molecular flexibility index (Phi) is 35.7. The van der Waals surface area contributed by atoms with Gasteiger partial charge in [-0.2, -0.15) is 0 Å². The van der Waals surface area contributed by atoms with Crippen LogP contribution in [0.25, 0.3) is 0 Å². The second-order valence-electron chi connectivity index (χ2n) is 14.0. The van der Waals surface area contributed by atoms with E-state index in [1.54, 1.807) is 0 Å². The highest BCUT2D eigenvalue weighted by molar-refractivity contribution is 7.46. The zero-order valence-electron chi connectivity index (χ0n) is 31.9.